The van der Waals surface area contributed by atoms with E-state index < -0.39 is 6.10 Å². The third-order valence-corrected chi connectivity index (χ3v) is 4.44. The van der Waals surface area contributed by atoms with E-state index in [2.05, 4.69) is 31.7 Å². The summed E-state index contributed by atoms with van der Waals surface area (Å²) in [7, 11) is 0. The van der Waals surface area contributed by atoms with Gasteiger partial charge in [-0.15, -0.1) is 0 Å². The fraction of sp³-hybridized carbons (Fsp3) is 0.667. The summed E-state index contributed by atoms with van der Waals surface area (Å²) in [6.45, 7) is 8.74. The second-order valence-corrected chi connectivity index (χ2v) is 6.75. The first-order valence-electron chi connectivity index (χ1n) is 8.27. The van der Waals surface area contributed by atoms with Crippen LogP contribution in [0.1, 0.15) is 38.7 Å². The van der Waals surface area contributed by atoms with Crippen molar-refractivity contribution >= 4 is 0 Å². The number of rotatable bonds is 6. The summed E-state index contributed by atoms with van der Waals surface area (Å²) in [6.07, 6.45) is 0.148. The van der Waals surface area contributed by atoms with Crippen LogP contribution in [0.25, 0.3) is 0 Å². The van der Waals surface area contributed by atoms with Gasteiger partial charge in [0.25, 0.3) is 0 Å². The largest absolute Gasteiger partial charge is 0.491 e. The van der Waals surface area contributed by atoms with Gasteiger partial charge in [0.2, 0.25) is 0 Å². The molecule has 1 fully saturated rings. The molecule has 4 nitrogen and oxygen atoms in total. The fourth-order valence-corrected chi connectivity index (χ4v) is 2.91. The molecule has 0 aliphatic carbocycles. The Balaban J connectivity index is 1.82. The van der Waals surface area contributed by atoms with Crippen LogP contribution < -0.4 is 4.74 Å². The van der Waals surface area contributed by atoms with Gasteiger partial charge in [-0.2, -0.15) is 0 Å². The van der Waals surface area contributed by atoms with E-state index in [1.165, 1.54) is 0 Å². The highest BCUT2D eigenvalue weighted by Gasteiger charge is 2.25. The van der Waals surface area contributed by atoms with Gasteiger partial charge in [0, 0.05) is 13.1 Å². The molecule has 1 aromatic carbocycles. The van der Waals surface area contributed by atoms with Gasteiger partial charge in [0.1, 0.15) is 18.5 Å². The smallest absolute Gasteiger partial charge is 0.122 e. The molecule has 1 aliphatic rings. The van der Waals surface area contributed by atoms with Gasteiger partial charge in [-0.25, -0.2) is 0 Å². The number of β-amino-alcohol motifs (C(OH)–C–C–N with tert-alkyl or cyclic N) is 2. The van der Waals surface area contributed by atoms with E-state index in [1.54, 1.807) is 0 Å². The minimum Gasteiger partial charge on any atom is -0.491 e. The average Bonchev–Trinajstić information content (AvgIpc) is 2.49. The highest BCUT2D eigenvalue weighted by Crippen LogP contribution is 2.26. The molecule has 0 amide bonds. The topological polar surface area (TPSA) is 52.9 Å². The molecule has 1 aliphatic heterocycles. The lowest BCUT2D eigenvalue weighted by atomic mass is 9.96. The first-order chi connectivity index (χ1) is 10.5. The molecule has 22 heavy (non-hydrogen) atoms. The Kier molecular flexibility index (Phi) is 6.24. The molecule has 0 radical (unpaired) electrons. The minimum atomic E-state index is -0.541. The van der Waals surface area contributed by atoms with E-state index in [0.29, 0.717) is 24.9 Å². The first-order valence-corrected chi connectivity index (χ1v) is 8.27. The van der Waals surface area contributed by atoms with Crippen molar-refractivity contribution in [2.24, 2.45) is 5.92 Å². The quantitative estimate of drug-likeness (QED) is 0.846. The standard InChI is InChI=1S/C18H29NO3/c1-13(2)16-6-4-5-7-18(16)22-12-15(20)10-19-9-8-14(3)17(21)11-19/h4-7,13-15,17,20-21H,8-12H2,1-3H3. The normalized spacial score (nSPS) is 24.5. The van der Waals surface area contributed by atoms with Crippen molar-refractivity contribution in [3.05, 3.63) is 29.8 Å². The zero-order valence-electron chi connectivity index (χ0n) is 13.9. The highest BCUT2D eigenvalue weighted by molar-refractivity contribution is 5.35. The number of benzene rings is 1. The van der Waals surface area contributed by atoms with Gasteiger partial charge in [-0.05, 0) is 36.4 Å². The maximum absolute atomic E-state index is 10.2. The molecule has 0 aromatic heterocycles. The lowest BCUT2D eigenvalue weighted by molar-refractivity contribution is 0.0000537. The molecule has 1 heterocycles. The summed E-state index contributed by atoms with van der Waals surface area (Å²) in [5.41, 5.74) is 1.16. The van der Waals surface area contributed by atoms with E-state index in [1.807, 2.05) is 18.2 Å². The summed E-state index contributed by atoms with van der Waals surface area (Å²) >= 11 is 0. The molecule has 2 rings (SSSR count). The molecule has 0 spiro atoms. The van der Waals surface area contributed by atoms with Crippen molar-refractivity contribution < 1.29 is 14.9 Å². The van der Waals surface area contributed by atoms with Gasteiger partial charge in [-0.3, -0.25) is 4.90 Å². The summed E-state index contributed by atoms with van der Waals surface area (Å²) in [5, 5.41) is 20.1. The van der Waals surface area contributed by atoms with Gasteiger partial charge >= 0.3 is 0 Å². The number of ether oxygens (including phenoxy) is 1. The van der Waals surface area contributed by atoms with E-state index in [4.69, 9.17) is 4.74 Å². The molecule has 1 aromatic rings. The minimum absolute atomic E-state index is 0.284. The number of aliphatic hydroxyl groups is 2. The number of hydrogen-bond donors (Lipinski definition) is 2. The van der Waals surface area contributed by atoms with Crippen molar-refractivity contribution in [1.29, 1.82) is 0 Å². The summed E-state index contributed by atoms with van der Waals surface area (Å²) in [4.78, 5) is 2.12. The molecule has 2 N–H and O–H groups in total. The molecular weight excluding hydrogens is 278 g/mol. The number of hydrogen-bond acceptors (Lipinski definition) is 4. The van der Waals surface area contributed by atoms with Crippen LogP contribution in [0.15, 0.2) is 24.3 Å². The Morgan fingerprint density at radius 1 is 1.32 bits per heavy atom. The molecule has 3 atom stereocenters. The predicted octanol–water partition coefficient (Wildman–Crippen LogP) is 2.25. The monoisotopic (exact) mass is 307 g/mol. The third-order valence-electron chi connectivity index (χ3n) is 4.44. The number of aliphatic hydroxyl groups excluding tert-OH is 2. The summed E-state index contributed by atoms with van der Waals surface area (Å²) in [5.74, 6) is 1.60. The maximum atomic E-state index is 10.2. The van der Waals surface area contributed by atoms with Crippen molar-refractivity contribution in [3.8, 4) is 5.75 Å². The van der Waals surface area contributed by atoms with Gasteiger partial charge in [0.05, 0.1) is 6.10 Å². The fourth-order valence-electron chi connectivity index (χ4n) is 2.91. The Morgan fingerprint density at radius 2 is 2.05 bits per heavy atom. The van der Waals surface area contributed by atoms with E-state index >= 15 is 0 Å². The Bertz CT molecular complexity index is 463. The van der Waals surface area contributed by atoms with Crippen molar-refractivity contribution in [1.82, 2.24) is 4.90 Å². The zero-order valence-corrected chi connectivity index (χ0v) is 13.9. The SMILES string of the molecule is CC(C)c1ccccc1OCC(O)CN1CCC(C)C(O)C1. The van der Waals surface area contributed by atoms with Crippen LogP contribution >= 0.6 is 0 Å². The Morgan fingerprint density at radius 3 is 2.73 bits per heavy atom. The van der Waals surface area contributed by atoms with Crippen LogP contribution in [0.2, 0.25) is 0 Å². The number of piperidine rings is 1. The molecule has 1 saturated heterocycles. The van der Waals surface area contributed by atoms with Gasteiger partial charge in [-0.1, -0.05) is 39.0 Å². The molecular formula is C18H29NO3. The molecule has 4 heteroatoms. The third kappa shape index (κ3) is 4.70. The summed E-state index contributed by atoms with van der Waals surface area (Å²) < 4.78 is 5.81. The zero-order chi connectivity index (χ0) is 16.1. The Labute approximate surface area is 133 Å². The Hall–Kier alpha value is -1.10. The second kappa shape index (κ2) is 7.95. The van der Waals surface area contributed by atoms with Crippen molar-refractivity contribution in [3.63, 3.8) is 0 Å². The average molecular weight is 307 g/mol. The van der Waals surface area contributed by atoms with E-state index in [9.17, 15) is 10.2 Å². The number of nitrogens with zero attached hydrogens (tertiary/aromatic N) is 1. The van der Waals surface area contributed by atoms with Crippen LogP contribution in [0, 0.1) is 5.92 Å². The lowest BCUT2D eigenvalue weighted by Crippen LogP contribution is -2.46. The maximum Gasteiger partial charge on any atom is 0.122 e. The molecule has 124 valence electrons. The highest BCUT2D eigenvalue weighted by atomic mass is 16.5. The second-order valence-electron chi connectivity index (χ2n) is 6.75. The number of para-hydroxylation sites is 1. The predicted molar refractivity (Wildman–Crippen MR) is 88.3 cm³/mol. The van der Waals surface area contributed by atoms with Crippen molar-refractivity contribution in [2.75, 3.05) is 26.2 Å². The van der Waals surface area contributed by atoms with E-state index in [0.717, 1.165) is 24.3 Å². The first kappa shape index (κ1) is 17.3. The van der Waals surface area contributed by atoms with E-state index in [-0.39, 0.29) is 12.7 Å². The van der Waals surface area contributed by atoms with Gasteiger partial charge < -0.3 is 14.9 Å². The van der Waals surface area contributed by atoms with Crippen LogP contribution in [0.5, 0.6) is 5.75 Å². The van der Waals surface area contributed by atoms with Crippen LogP contribution in [0.3, 0.4) is 0 Å². The van der Waals surface area contributed by atoms with Crippen LogP contribution in [0.4, 0.5) is 0 Å². The molecule has 0 bridgehead atoms. The number of likely N-dealkylation sites (tertiary alicyclic amines) is 1. The van der Waals surface area contributed by atoms with Gasteiger partial charge in [0.15, 0.2) is 0 Å². The lowest BCUT2D eigenvalue weighted by Gasteiger charge is -2.35. The summed E-state index contributed by atoms with van der Waals surface area (Å²) in [6, 6.07) is 7.98. The molecule has 0 saturated carbocycles. The van der Waals surface area contributed by atoms with Crippen LogP contribution in [-0.4, -0.2) is 53.6 Å². The van der Waals surface area contributed by atoms with Crippen LogP contribution in [-0.2, 0) is 0 Å². The van der Waals surface area contributed by atoms with Crippen molar-refractivity contribution in [2.45, 2.75) is 45.3 Å². The molecule has 3 unspecified atom stereocenters.